The number of halogens is 2. The second kappa shape index (κ2) is 4.42. The van der Waals surface area contributed by atoms with Crippen LogP contribution in [0.3, 0.4) is 0 Å². The van der Waals surface area contributed by atoms with Gasteiger partial charge in [0.1, 0.15) is 16.6 Å². The molecule has 0 unspecified atom stereocenters. The summed E-state index contributed by atoms with van der Waals surface area (Å²) in [6.07, 6.45) is -0.0283. The third-order valence-electron chi connectivity index (χ3n) is 4.60. The Hall–Kier alpha value is -2.15. The summed E-state index contributed by atoms with van der Waals surface area (Å²) in [6.45, 7) is -0.531. The zero-order valence-corrected chi connectivity index (χ0v) is 11.9. The van der Waals surface area contributed by atoms with E-state index in [-0.39, 0.29) is 30.1 Å². The first-order valence-electron chi connectivity index (χ1n) is 6.45. The maximum Gasteiger partial charge on any atom is 0.312 e. The molecule has 3 rings (SSSR count). The minimum atomic E-state index is -1.49. The molecule has 1 aromatic carbocycles. The molecule has 1 aromatic rings. The molecule has 1 saturated carbocycles. The fraction of sp³-hybridized carbons (Fsp3) is 0.357. The summed E-state index contributed by atoms with van der Waals surface area (Å²) in [5.74, 6) is -4.14. The van der Waals surface area contributed by atoms with Gasteiger partial charge in [-0.05, 0) is 18.6 Å². The van der Waals surface area contributed by atoms with Gasteiger partial charge in [0, 0.05) is 13.1 Å². The molecule has 1 aliphatic heterocycles. The Kier molecular flexibility index (Phi) is 2.97. The number of rotatable bonds is 3. The molecule has 1 amide bonds. The Labute approximate surface area is 129 Å². The number of likely N-dealkylation sites (tertiary alicyclic amines) is 1. The average Bonchev–Trinajstić information content (AvgIpc) is 2.97. The first kappa shape index (κ1) is 14.8. The van der Waals surface area contributed by atoms with Crippen LogP contribution < -0.4 is 0 Å². The predicted molar refractivity (Wildman–Crippen MR) is 72.1 cm³/mol. The molecule has 1 aliphatic carbocycles. The quantitative estimate of drug-likeness (QED) is 0.877. The summed E-state index contributed by atoms with van der Waals surface area (Å²) in [5.41, 5.74) is -3.36. The maximum atomic E-state index is 13.8. The van der Waals surface area contributed by atoms with E-state index in [1.165, 1.54) is 12.1 Å². The fourth-order valence-electron chi connectivity index (χ4n) is 3.29. The van der Waals surface area contributed by atoms with Crippen LogP contribution in [-0.4, -0.2) is 46.0 Å². The number of hydrogen-bond donors (Lipinski definition) is 2. The van der Waals surface area contributed by atoms with Crippen LogP contribution in [-0.2, 0) is 9.59 Å². The fourth-order valence-corrected chi connectivity index (χ4v) is 3.54. The number of carbonyl (C=O) groups excluding carboxylic acids is 1. The SMILES string of the molecule is O=C(c1c(F)cccc1Cl)N1C[C@@]2(C(=O)O)C[C@@]2(C(=O)O)C1. The van der Waals surface area contributed by atoms with Gasteiger partial charge in [0.2, 0.25) is 0 Å². The van der Waals surface area contributed by atoms with E-state index in [1.807, 2.05) is 0 Å². The topological polar surface area (TPSA) is 94.9 Å². The van der Waals surface area contributed by atoms with Gasteiger partial charge in [0.25, 0.3) is 5.91 Å². The normalized spacial score (nSPS) is 29.1. The third kappa shape index (κ3) is 1.68. The molecule has 0 spiro atoms. The Morgan fingerprint density at radius 3 is 2.14 bits per heavy atom. The Morgan fingerprint density at radius 1 is 1.14 bits per heavy atom. The number of nitrogens with zero attached hydrogens (tertiary/aromatic N) is 1. The highest BCUT2D eigenvalue weighted by Gasteiger charge is 2.81. The summed E-state index contributed by atoms with van der Waals surface area (Å²) in [7, 11) is 0. The third-order valence-corrected chi connectivity index (χ3v) is 4.91. The molecule has 22 heavy (non-hydrogen) atoms. The van der Waals surface area contributed by atoms with Crippen molar-refractivity contribution in [2.75, 3.05) is 13.1 Å². The van der Waals surface area contributed by atoms with E-state index in [0.29, 0.717) is 0 Å². The van der Waals surface area contributed by atoms with Gasteiger partial charge in [0.05, 0.1) is 10.6 Å². The number of fused-ring (bicyclic) bond motifs is 1. The van der Waals surface area contributed by atoms with Crippen LogP contribution in [0.25, 0.3) is 0 Å². The second-order valence-electron chi connectivity index (χ2n) is 5.71. The van der Waals surface area contributed by atoms with E-state index in [2.05, 4.69) is 0 Å². The lowest BCUT2D eigenvalue weighted by molar-refractivity contribution is -0.151. The molecule has 2 fully saturated rings. The molecule has 2 N–H and O–H groups in total. The zero-order chi connectivity index (χ0) is 16.3. The molecule has 1 saturated heterocycles. The van der Waals surface area contributed by atoms with Crippen LogP contribution in [0.1, 0.15) is 16.8 Å². The second-order valence-corrected chi connectivity index (χ2v) is 6.12. The Morgan fingerprint density at radius 2 is 1.68 bits per heavy atom. The van der Waals surface area contributed by atoms with Crippen molar-refractivity contribution in [3.05, 3.63) is 34.6 Å². The molecule has 0 aromatic heterocycles. The first-order chi connectivity index (χ1) is 10.2. The average molecular weight is 328 g/mol. The first-order valence-corrected chi connectivity index (χ1v) is 6.83. The van der Waals surface area contributed by atoms with E-state index >= 15 is 0 Å². The number of benzene rings is 1. The highest BCUT2D eigenvalue weighted by molar-refractivity contribution is 6.33. The van der Waals surface area contributed by atoms with E-state index < -0.39 is 34.5 Å². The molecule has 1 heterocycles. The molecule has 2 aliphatic rings. The molecular weight excluding hydrogens is 317 g/mol. The summed E-state index contributed by atoms with van der Waals surface area (Å²) >= 11 is 5.82. The van der Waals surface area contributed by atoms with E-state index in [4.69, 9.17) is 11.6 Å². The number of carbonyl (C=O) groups is 3. The van der Waals surface area contributed by atoms with Crippen molar-refractivity contribution in [3.8, 4) is 0 Å². The predicted octanol–water partition coefficient (Wildman–Crippen LogP) is 1.48. The van der Waals surface area contributed by atoms with Crippen molar-refractivity contribution in [1.82, 2.24) is 4.90 Å². The molecule has 6 nitrogen and oxygen atoms in total. The van der Waals surface area contributed by atoms with E-state index in [0.717, 1.165) is 11.0 Å². The van der Waals surface area contributed by atoms with E-state index in [1.54, 1.807) is 0 Å². The maximum absolute atomic E-state index is 13.8. The van der Waals surface area contributed by atoms with Gasteiger partial charge in [-0.1, -0.05) is 17.7 Å². The minimum Gasteiger partial charge on any atom is -0.481 e. The largest absolute Gasteiger partial charge is 0.481 e. The van der Waals surface area contributed by atoms with Gasteiger partial charge < -0.3 is 15.1 Å². The van der Waals surface area contributed by atoms with Crippen LogP contribution in [0.5, 0.6) is 0 Å². The standard InChI is InChI=1S/C14H11ClFNO5/c15-7-2-1-3-8(16)9(7)10(18)17-5-13(11(19)20)4-14(13,6-17)12(21)22/h1-3H,4-6H2,(H,19,20)(H,21,22)/t13-,14+. The van der Waals surface area contributed by atoms with Crippen LogP contribution in [0, 0.1) is 16.6 Å². The van der Waals surface area contributed by atoms with Gasteiger partial charge in [0.15, 0.2) is 0 Å². The van der Waals surface area contributed by atoms with Crippen molar-refractivity contribution >= 4 is 29.4 Å². The lowest BCUT2D eigenvalue weighted by Crippen LogP contribution is -2.35. The van der Waals surface area contributed by atoms with E-state index in [9.17, 15) is 29.0 Å². The van der Waals surface area contributed by atoms with Crippen molar-refractivity contribution in [2.24, 2.45) is 10.8 Å². The summed E-state index contributed by atoms with van der Waals surface area (Å²) in [4.78, 5) is 36.3. The molecule has 116 valence electrons. The van der Waals surface area contributed by atoms with Gasteiger partial charge in [-0.3, -0.25) is 14.4 Å². The number of hydrogen-bond acceptors (Lipinski definition) is 3. The van der Waals surface area contributed by atoms with Gasteiger partial charge >= 0.3 is 11.9 Å². The van der Waals surface area contributed by atoms with Gasteiger partial charge in [-0.15, -0.1) is 0 Å². The number of carboxylic acids is 2. The monoisotopic (exact) mass is 327 g/mol. The van der Waals surface area contributed by atoms with Crippen molar-refractivity contribution in [3.63, 3.8) is 0 Å². The number of carboxylic acid groups (broad SMARTS) is 2. The highest BCUT2D eigenvalue weighted by Crippen LogP contribution is 2.68. The Bertz CT molecular complexity index is 675. The van der Waals surface area contributed by atoms with Crippen LogP contribution in [0.15, 0.2) is 18.2 Å². The smallest absolute Gasteiger partial charge is 0.312 e. The number of piperidine rings is 1. The molecule has 8 heteroatoms. The Balaban J connectivity index is 1.95. The molecular formula is C14H11ClFNO5. The van der Waals surface area contributed by atoms with Crippen LogP contribution >= 0.6 is 11.6 Å². The lowest BCUT2D eigenvalue weighted by atomic mass is 9.97. The van der Waals surface area contributed by atoms with Crippen LogP contribution in [0.2, 0.25) is 5.02 Å². The summed E-state index contributed by atoms with van der Waals surface area (Å²) < 4.78 is 13.8. The molecule has 0 bridgehead atoms. The zero-order valence-electron chi connectivity index (χ0n) is 11.2. The van der Waals surface area contributed by atoms with Crippen molar-refractivity contribution in [1.29, 1.82) is 0 Å². The summed E-state index contributed by atoms with van der Waals surface area (Å²) in [5, 5.41) is 18.5. The minimum absolute atomic E-state index is 0.0283. The van der Waals surface area contributed by atoms with Gasteiger partial charge in [-0.25, -0.2) is 4.39 Å². The number of aliphatic carboxylic acids is 2. The lowest BCUT2D eigenvalue weighted by Gasteiger charge is -2.20. The van der Waals surface area contributed by atoms with Crippen molar-refractivity contribution in [2.45, 2.75) is 6.42 Å². The van der Waals surface area contributed by atoms with Crippen LogP contribution in [0.4, 0.5) is 4.39 Å². The molecule has 0 radical (unpaired) electrons. The molecule has 2 atom stereocenters. The highest BCUT2D eigenvalue weighted by atomic mass is 35.5. The van der Waals surface area contributed by atoms with Crippen molar-refractivity contribution < 1.29 is 29.0 Å². The van der Waals surface area contributed by atoms with Gasteiger partial charge in [-0.2, -0.15) is 0 Å². The number of amides is 1. The summed E-state index contributed by atoms with van der Waals surface area (Å²) in [6, 6.07) is 3.75.